The Morgan fingerprint density at radius 1 is 1.52 bits per heavy atom. The number of aliphatic carboxylic acids is 1. The summed E-state index contributed by atoms with van der Waals surface area (Å²) in [6.07, 6.45) is 4.82. The van der Waals surface area contributed by atoms with Crippen molar-refractivity contribution in [2.24, 2.45) is 0 Å². The van der Waals surface area contributed by atoms with Crippen LogP contribution in [0.15, 0.2) is 34.0 Å². The van der Waals surface area contributed by atoms with Crippen LogP contribution in [0.3, 0.4) is 0 Å². The molecule has 0 saturated carbocycles. The first-order valence-electron chi connectivity index (χ1n) is 8.41. The van der Waals surface area contributed by atoms with Gasteiger partial charge in [-0.2, -0.15) is 8.70 Å². The third-order valence-corrected chi connectivity index (χ3v) is 7.06. The lowest BCUT2D eigenvalue weighted by molar-refractivity contribution is -0.134. The van der Waals surface area contributed by atoms with Gasteiger partial charge in [-0.05, 0) is 18.7 Å². The molecule has 0 aromatic heterocycles. The number of carboxylic acids is 1. The standard InChI is InChI=1S/C17H23FN2O5S2/c1-4-5-6-11-9-19-13-7-15(26-3)14(25-10-12(18)17(21)22)8-16(13)27(23,24)20(11)2/h7-8,10-11,19H,4-6,9H2,1-3H3,(H,21,22)/b12-10-/t11-/m1/s1. The molecule has 0 unspecified atom stereocenters. The van der Waals surface area contributed by atoms with E-state index in [0.29, 0.717) is 23.4 Å². The van der Waals surface area contributed by atoms with Gasteiger partial charge in [0.15, 0.2) is 0 Å². The fraction of sp³-hybridized carbons (Fsp3) is 0.471. The largest absolute Gasteiger partial charge is 0.476 e. The summed E-state index contributed by atoms with van der Waals surface area (Å²) in [6.45, 7) is 2.52. The smallest absolute Gasteiger partial charge is 0.368 e. The van der Waals surface area contributed by atoms with Crippen molar-refractivity contribution < 1.29 is 27.4 Å². The van der Waals surface area contributed by atoms with Gasteiger partial charge in [0.25, 0.3) is 0 Å². The van der Waals surface area contributed by atoms with E-state index in [1.54, 1.807) is 19.4 Å². The Hall–Kier alpha value is -1.78. The minimum Gasteiger partial charge on any atom is -0.476 e. The molecule has 0 aliphatic carbocycles. The lowest BCUT2D eigenvalue weighted by Crippen LogP contribution is -2.39. The third-order valence-electron chi connectivity index (χ3n) is 4.35. The topological polar surface area (TPSA) is 95.9 Å². The van der Waals surface area contributed by atoms with Crippen LogP contribution in [0.2, 0.25) is 0 Å². The van der Waals surface area contributed by atoms with Crippen LogP contribution in [0.4, 0.5) is 10.1 Å². The zero-order valence-electron chi connectivity index (χ0n) is 15.4. The van der Waals surface area contributed by atoms with Gasteiger partial charge in [0.05, 0.1) is 10.6 Å². The van der Waals surface area contributed by atoms with Gasteiger partial charge in [-0.1, -0.05) is 19.8 Å². The quantitative estimate of drug-likeness (QED) is 0.398. The van der Waals surface area contributed by atoms with E-state index >= 15 is 0 Å². The van der Waals surface area contributed by atoms with Crippen LogP contribution in [0.5, 0.6) is 5.75 Å². The molecule has 27 heavy (non-hydrogen) atoms. The zero-order valence-corrected chi connectivity index (χ0v) is 17.0. The molecule has 1 aliphatic heterocycles. The van der Waals surface area contributed by atoms with Gasteiger partial charge in [-0.15, -0.1) is 11.8 Å². The highest BCUT2D eigenvalue weighted by Gasteiger charge is 2.34. The lowest BCUT2D eigenvalue weighted by Gasteiger charge is -2.24. The Balaban J connectivity index is 2.47. The molecule has 10 heteroatoms. The summed E-state index contributed by atoms with van der Waals surface area (Å²) in [7, 11) is -2.25. The second kappa shape index (κ2) is 8.94. The summed E-state index contributed by atoms with van der Waals surface area (Å²) < 4.78 is 45.8. The van der Waals surface area contributed by atoms with E-state index in [0.717, 1.165) is 19.3 Å². The molecule has 1 aromatic rings. The average Bonchev–Trinajstić information content (AvgIpc) is 2.73. The SMILES string of the molecule is CCCC[C@@H]1CNc2cc(SC)c(O/C=C(\F)C(=O)O)cc2S(=O)(=O)N1C. The number of carbonyl (C=O) groups is 1. The van der Waals surface area contributed by atoms with Gasteiger partial charge in [-0.25, -0.2) is 13.2 Å². The molecule has 1 aliphatic rings. The number of halogens is 1. The molecule has 0 bridgehead atoms. The Bertz CT molecular complexity index is 842. The lowest BCUT2D eigenvalue weighted by atomic mass is 10.1. The summed E-state index contributed by atoms with van der Waals surface area (Å²) in [5.74, 6) is -3.17. The molecule has 7 nitrogen and oxygen atoms in total. The van der Waals surface area contributed by atoms with Gasteiger partial charge in [0, 0.05) is 25.7 Å². The van der Waals surface area contributed by atoms with Gasteiger partial charge in [0.1, 0.15) is 16.9 Å². The van der Waals surface area contributed by atoms with E-state index in [9.17, 15) is 17.6 Å². The molecule has 0 fully saturated rings. The predicted octanol–water partition coefficient (Wildman–Crippen LogP) is 3.29. The number of rotatable bonds is 7. The Morgan fingerprint density at radius 2 is 2.22 bits per heavy atom. The van der Waals surface area contributed by atoms with Crippen molar-refractivity contribution in [2.45, 2.75) is 42.0 Å². The van der Waals surface area contributed by atoms with E-state index < -0.39 is 21.8 Å². The number of fused-ring (bicyclic) bond motifs is 1. The summed E-state index contributed by atoms with van der Waals surface area (Å²) in [5, 5.41) is 11.8. The van der Waals surface area contributed by atoms with Crippen molar-refractivity contribution in [3.8, 4) is 5.75 Å². The van der Waals surface area contributed by atoms with E-state index in [1.165, 1.54) is 22.1 Å². The zero-order chi connectivity index (χ0) is 20.2. The van der Waals surface area contributed by atoms with E-state index in [4.69, 9.17) is 9.84 Å². The maximum atomic E-state index is 13.2. The summed E-state index contributed by atoms with van der Waals surface area (Å²) in [6, 6.07) is 2.73. The highest BCUT2D eigenvalue weighted by Crippen LogP contribution is 2.39. The second-order valence-corrected chi connectivity index (χ2v) is 8.90. The fourth-order valence-electron chi connectivity index (χ4n) is 2.74. The monoisotopic (exact) mass is 418 g/mol. The van der Waals surface area contributed by atoms with Crippen molar-refractivity contribution in [2.75, 3.05) is 25.2 Å². The van der Waals surface area contributed by atoms with E-state index in [1.807, 2.05) is 6.92 Å². The first kappa shape index (κ1) is 21.5. The van der Waals surface area contributed by atoms with Crippen molar-refractivity contribution in [1.82, 2.24) is 4.31 Å². The number of likely N-dealkylation sites (N-methyl/N-ethyl adjacent to an activating group) is 1. The van der Waals surface area contributed by atoms with Crippen LogP contribution < -0.4 is 10.1 Å². The number of benzene rings is 1. The summed E-state index contributed by atoms with van der Waals surface area (Å²) >= 11 is 1.28. The number of nitrogens with one attached hydrogen (secondary N) is 1. The highest BCUT2D eigenvalue weighted by atomic mass is 32.2. The van der Waals surface area contributed by atoms with Gasteiger partial charge in [0.2, 0.25) is 15.9 Å². The molecule has 2 N–H and O–H groups in total. The number of hydrogen-bond acceptors (Lipinski definition) is 6. The third kappa shape index (κ3) is 4.74. The fourth-order valence-corrected chi connectivity index (χ4v) is 4.83. The normalized spacial score (nSPS) is 19.7. The van der Waals surface area contributed by atoms with E-state index in [-0.39, 0.29) is 16.7 Å². The number of nitrogens with zero attached hydrogens (tertiary/aromatic N) is 1. The predicted molar refractivity (Wildman–Crippen MR) is 102 cm³/mol. The number of anilines is 1. The van der Waals surface area contributed by atoms with Crippen LogP contribution in [-0.4, -0.2) is 49.7 Å². The summed E-state index contributed by atoms with van der Waals surface area (Å²) in [5.41, 5.74) is 0.445. The maximum Gasteiger partial charge on any atom is 0.368 e. The number of hydrogen-bond donors (Lipinski definition) is 2. The summed E-state index contributed by atoms with van der Waals surface area (Å²) in [4.78, 5) is 11.2. The minimum absolute atomic E-state index is 0.0148. The number of carboxylic acid groups (broad SMARTS) is 1. The highest BCUT2D eigenvalue weighted by molar-refractivity contribution is 7.98. The number of sulfonamides is 1. The van der Waals surface area contributed by atoms with Crippen molar-refractivity contribution >= 4 is 33.4 Å². The van der Waals surface area contributed by atoms with Crippen LogP contribution in [0.25, 0.3) is 0 Å². The van der Waals surface area contributed by atoms with Crippen LogP contribution >= 0.6 is 11.8 Å². The molecule has 1 aromatic carbocycles. The van der Waals surface area contributed by atoms with Gasteiger partial charge in [-0.3, -0.25) is 0 Å². The maximum absolute atomic E-state index is 13.2. The molecule has 1 atom stereocenters. The molecular weight excluding hydrogens is 395 g/mol. The van der Waals surface area contributed by atoms with Crippen molar-refractivity contribution in [1.29, 1.82) is 0 Å². The average molecular weight is 419 g/mol. The van der Waals surface area contributed by atoms with Crippen LogP contribution in [0.1, 0.15) is 26.2 Å². The molecule has 1 heterocycles. The molecule has 0 spiro atoms. The molecule has 150 valence electrons. The molecule has 0 saturated heterocycles. The van der Waals surface area contributed by atoms with Gasteiger partial charge < -0.3 is 15.2 Å². The first-order chi connectivity index (χ1) is 12.7. The molecule has 0 radical (unpaired) electrons. The molecule has 2 rings (SSSR count). The van der Waals surface area contributed by atoms with Crippen LogP contribution in [0, 0.1) is 0 Å². The Labute approximate surface area is 162 Å². The van der Waals surface area contributed by atoms with Crippen molar-refractivity contribution in [3.63, 3.8) is 0 Å². The Morgan fingerprint density at radius 3 is 2.81 bits per heavy atom. The molecule has 0 amide bonds. The minimum atomic E-state index is -3.79. The number of ether oxygens (including phenoxy) is 1. The first-order valence-corrected chi connectivity index (χ1v) is 11.1. The number of thioether (sulfide) groups is 1. The number of unbranched alkanes of at least 4 members (excludes halogenated alkanes) is 1. The van der Waals surface area contributed by atoms with Crippen LogP contribution in [-0.2, 0) is 14.8 Å². The van der Waals surface area contributed by atoms with Gasteiger partial charge >= 0.3 is 5.97 Å². The molecular formula is C17H23FN2O5S2. The Kier molecular flexibility index (Phi) is 7.12. The van der Waals surface area contributed by atoms with E-state index in [2.05, 4.69) is 5.32 Å². The van der Waals surface area contributed by atoms with Crippen molar-refractivity contribution in [3.05, 3.63) is 24.2 Å². The second-order valence-electron chi connectivity index (χ2n) is 6.09.